The molecule has 3 nitrogen and oxygen atoms in total. The second-order valence-corrected chi connectivity index (χ2v) is 6.70. The van der Waals surface area contributed by atoms with Crippen LogP contribution in [-0.2, 0) is 6.54 Å². The van der Waals surface area contributed by atoms with Crippen LogP contribution in [0.3, 0.4) is 0 Å². The van der Waals surface area contributed by atoms with Crippen molar-refractivity contribution >= 4 is 11.1 Å². The van der Waals surface area contributed by atoms with Crippen molar-refractivity contribution in [3.05, 3.63) is 59.2 Å². The van der Waals surface area contributed by atoms with Gasteiger partial charge in [0.2, 0.25) is 0 Å². The molecule has 3 heteroatoms. The minimum Gasteiger partial charge on any atom is -0.508 e. The molecule has 0 aliphatic heterocycles. The Morgan fingerprint density at radius 1 is 0.852 bits per heavy atom. The van der Waals surface area contributed by atoms with Crippen molar-refractivity contribution in [1.29, 1.82) is 0 Å². The maximum atomic E-state index is 10.3. The van der Waals surface area contributed by atoms with Gasteiger partial charge in [-0.2, -0.15) is 0 Å². The molecular weight excluding hydrogens is 334 g/mol. The van der Waals surface area contributed by atoms with Crippen molar-refractivity contribution in [3.8, 4) is 11.5 Å². The highest BCUT2D eigenvalue weighted by atomic mass is 16.5. The van der Waals surface area contributed by atoms with Crippen molar-refractivity contribution in [2.24, 2.45) is 0 Å². The zero-order chi connectivity index (χ0) is 19.8. The summed E-state index contributed by atoms with van der Waals surface area (Å²) in [4.78, 5) is 2.32. The molecule has 2 rings (SSSR count). The number of allylic oxidation sites excluding steroid dienone is 2. The molecule has 0 saturated heterocycles. The normalized spacial score (nSPS) is 12.2. The number of hydrogen-bond acceptors (Lipinski definition) is 3. The predicted octanol–water partition coefficient (Wildman–Crippen LogP) is 5.97. The fourth-order valence-corrected chi connectivity index (χ4v) is 3.56. The van der Waals surface area contributed by atoms with Gasteiger partial charge in [0, 0.05) is 12.1 Å². The van der Waals surface area contributed by atoms with Gasteiger partial charge in [0.05, 0.1) is 7.11 Å². The lowest BCUT2D eigenvalue weighted by atomic mass is 9.90. The van der Waals surface area contributed by atoms with Crippen molar-refractivity contribution in [2.75, 3.05) is 20.2 Å². The molecule has 2 aromatic carbocycles. The highest BCUT2D eigenvalue weighted by Gasteiger charge is 2.13. The highest BCUT2D eigenvalue weighted by molar-refractivity contribution is 5.91. The molecular formula is C24H33NO2. The molecule has 2 aromatic rings. The van der Waals surface area contributed by atoms with Crippen LogP contribution < -0.4 is 4.74 Å². The first-order chi connectivity index (χ1) is 13.1. The lowest BCUT2D eigenvalue weighted by molar-refractivity contribution is 0.291. The lowest BCUT2D eigenvalue weighted by Gasteiger charge is -2.20. The Kier molecular flexibility index (Phi) is 7.93. The van der Waals surface area contributed by atoms with Gasteiger partial charge in [0.15, 0.2) is 0 Å². The standard InChI is InChI=1S/C24H33NO2/c1-6-22(18-10-13-21(27-5)14-11-18)23(7-2)19-12-15-24(26)20(16-19)17-25(8-3)9-4/h10-16,26H,6-9,17H2,1-5H3/b23-22-. The number of nitrogens with zero attached hydrogens (tertiary/aromatic N) is 1. The molecule has 0 radical (unpaired) electrons. The van der Waals surface area contributed by atoms with Crippen molar-refractivity contribution in [3.63, 3.8) is 0 Å². The van der Waals surface area contributed by atoms with Gasteiger partial charge < -0.3 is 9.84 Å². The maximum Gasteiger partial charge on any atom is 0.120 e. The fourth-order valence-electron chi connectivity index (χ4n) is 3.56. The number of rotatable bonds is 9. The molecule has 1 N–H and O–H groups in total. The van der Waals surface area contributed by atoms with Gasteiger partial charge >= 0.3 is 0 Å². The second-order valence-electron chi connectivity index (χ2n) is 6.70. The Morgan fingerprint density at radius 2 is 1.41 bits per heavy atom. The second kappa shape index (κ2) is 10.2. The molecule has 0 aliphatic rings. The molecule has 0 spiro atoms. The number of benzene rings is 2. The first kappa shape index (κ1) is 21.0. The van der Waals surface area contributed by atoms with E-state index in [-0.39, 0.29) is 0 Å². The first-order valence-electron chi connectivity index (χ1n) is 9.98. The third-order valence-electron chi connectivity index (χ3n) is 5.23. The van der Waals surface area contributed by atoms with Crippen LogP contribution in [0, 0.1) is 0 Å². The summed E-state index contributed by atoms with van der Waals surface area (Å²) < 4.78 is 5.29. The highest BCUT2D eigenvalue weighted by Crippen LogP contribution is 2.34. The Labute approximate surface area is 164 Å². The quantitative estimate of drug-likeness (QED) is 0.554. The summed E-state index contributed by atoms with van der Waals surface area (Å²) in [7, 11) is 1.69. The van der Waals surface area contributed by atoms with Gasteiger partial charge in [0.1, 0.15) is 11.5 Å². The van der Waals surface area contributed by atoms with Gasteiger partial charge in [-0.1, -0.05) is 45.9 Å². The molecule has 0 bridgehead atoms. The largest absolute Gasteiger partial charge is 0.508 e. The third-order valence-corrected chi connectivity index (χ3v) is 5.23. The van der Waals surface area contributed by atoms with Crippen LogP contribution in [0.1, 0.15) is 57.2 Å². The molecule has 27 heavy (non-hydrogen) atoms. The van der Waals surface area contributed by atoms with Gasteiger partial charge in [-0.3, -0.25) is 4.90 Å². The van der Waals surface area contributed by atoms with Crippen molar-refractivity contribution in [2.45, 2.75) is 47.1 Å². The average Bonchev–Trinajstić information content (AvgIpc) is 2.71. The first-order valence-corrected chi connectivity index (χ1v) is 9.98. The molecule has 0 saturated carbocycles. The molecule has 146 valence electrons. The molecule has 0 fully saturated rings. The number of aromatic hydroxyl groups is 1. The number of ether oxygens (including phenoxy) is 1. The Hall–Kier alpha value is -2.26. The van der Waals surface area contributed by atoms with Crippen LogP contribution in [0.25, 0.3) is 11.1 Å². The van der Waals surface area contributed by atoms with Crippen LogP contribution in [0.15, 0.2) is 42.5 Å². The summed E-state index contributed by atoms with van der Waals surface area (Å²) in [6.07, 6.45) is 1.91. The third kappa shape index (κ3) is 5.14. The molecule has 0 unspecified atom stereocenters. The predicted molar refractivity (Wildman–Crippen MR) is 115 cm³/mol. The van der Waals surface area contributed by atoms with Crippen LogP contribution in [0.2, 0.25) is 0 Å². The minimum atomic E-state index is 0.378. The van der Waals surface area contributed by atoms with Crippen LogP contribution in [0.5, 0.6) is 11.5 Å². The molecule has 0 atom stereocenters. The summed E-state index contributed by atoms with van der Waals surface area (Å²) in [6.45, 7) is 11.4. The van der Waals surface area contributed by atoms with Crippen molar-refractivity contribution < 1.29 is 9.84 Å². The van der Waals surface area contributed by atoms with Gasteiger partial charge in [-0.25, -0.2) is 0 Å². The van der Waals surface area contributed by atoms with E-state index in [2.05, 4.69) is 50.8 Å². The molecule has 0 aromatic heterocycles. The van der Waals surface area contributed by atoms with Gasteiger partial charge in [0.25, 0.3) is 0 Å². The molecule has 0 aliphatic carbocycles. The average molecular weight is 368 g/mol. The minimum absolute atomic E-state index is 0.378. The summed E-state index contributed by atoms with van der Waals surface area (Å²) in [5.41, 5.74) is 6.11. The van der Waals surface area contributed by atoms with E-state index in [1.807, 2.05) is 24.3 Å². The van der Waals surface area contributed by atoms with Crippen LogP contribution in [-0.4, -0.2) is 30.2 Å². The number of hydrogen-bond donors (Lipinski definition) is 1. The Bertz CT molecular complexity index is 758. The van der Waals surface area contributed by atoms with Crippen LogP contribution >= 0.6 is 0 Å². The molecule has 0 amide bonds. The molecule has 0 heterocycles. The lowest BCUT2D eigenvalue weighted by Crippen LogP contribution is -2.22. The van der Waals surface area contributed by atoms with E-state index in [0.717, 1.165) is 43.8 Å². The number of methoxy groups -OCH3 is 1. The Morgan fingerprint density at radius 3 is 1.93 bits per heavy atom. The zero-order valence-electron chi connectivity index (χ0n) is 17.4. The number of phenolic OH excluding ortho intramolecular Hbond substituents is 1. The van der Waals surface area contributed by atoms with Gasteiger partial charge in [-0.05, 0) is 72.5 Å². The van der Waals surface area contributed by atoms with E-state index >= 15 is 0 Å². The topological polar surface area (TPSA) is 32.7 Å². The smallest absolute Gasteiger partial charge is 0.120 e. The summed E-state index contributed by atoms with van der Waals surface area (Å²) in [5.74, 6) is 1.25. The Balaban J connectivity index is 2.48. The summed E-state index contributed by atoms with van der Waals surface area (Å²) in [5, 5.41) is 10.3. The SMILES string of the molecule is CC/C(=C(\CC)c1ccc(O)c(CN(CC)CC)c1)c1ccc(OC)cc1. The van der Waals surface area contributed by atoms with E-state index in [0.29, 0.717) is 5.75 Å². The van der Waals surface area contributed by atoms with Crippen LogP contribution in [0.4, 0.5) is 0 Å². The van der Waals surface area contributed by atoms with E-state index in [4.69, 9.17) is 4.74 Å². The van der Waals surface area contributed by atoms with Crippen molar-refractivity contribution in [1.82, 2.24) is 4.90 Å². The van der Waals surface area contributed by atoms with E-state index in [9.17, 15) is 5.11 Å². The zero-order valence-corrected chi connectivity index (χ0v) is 17.4. The number of phenols is 1. The maximum absolute atomic E-state index is 10.3. The fraction of sp³-hybridized carbons (Fsp3) is 0.417. The van der Waals surface area contributed by atoms with E-state index < -0.39 is 0 Å². The monoisotopic (exact) mass is 367 g/mol. The van der Waals surface area contributed by atoms with Gasteiger partial charge in [-0.15, -0.1) is 0 Å². The van der Waals surface area contributed by atoms with E-state index in [1.165, 1.54) is 22.3 Å². The summed E-state index contributed by atoms with van der Waals surface area (Å²) >= 11 is 0. The van der Waals surface area contributed by atoms with E-state index in [1.54, 1.807) is 7.11 Å². The summed E-state index contributed by atoms with van der Waals surface area (Å²) in [6, 6.07) is 14.3.